The minimum absolute atomic E-state index is 0.0920. The van der Waals surface area contributed by atoms with E-state index in [2.05, 4.69) is 118 Å². The molecule has 0 bridgehead atoms. The Hall–Kier alpha value is -3.67. The van der Waals surface area contributed by atoms with Crippen molar-refractivity contribution in [2.45, 2.75) is 277 Å². The minimum atomic E-state index is -0.797. The molecule has 0 aromatic carbocycles. The molecule has 0 radical (unpaired) electrons. The molecule has 0 amide bonds. The average Bonchev–Trinajstić information content (AvgIpc) is 3.36. The molecule has 0 aliphatic heterocycles. The molecule has 70 heavy (non-hydrogen) atoms. The van der Waals surface area contributed by atoms with E-state index in [1.54, 1.807) is 0 Å². The smallest absolute Gasteiger partial charge is 0.306 e. The summed E-state index contributed by atoms with van der Waals surface area (Å²) in [5.41, 5.74) is 0. The second kappa shape index (κ2) is 57.9. The van der Waals surface area contributed by atoms with Gasteiger partial charge in [-0.3, -0.25) is 14.4 Å². The summed E-state index contributed by atoms with van der Waals surface area (Å²) in [5, 5.41) is 0. The van der Waals surface area contributed by atoms with E-state index in [4.69, 9.17) is 14.2 Å². The molecule has 0 N–H and O–H groups in total. The molecule has 0 aliphatic carbocycles. The molecule has 0 saturated heterocycles. The SMILES string of the molecule is CC\C=C/C=C\C=C/CCCCCCCCCC(=O)OCC(COC(=O)CCCCCCCCCCCC/C=C\C=C/CCCCC)OC(=O)CCCCCCC\C=C/C=C\C=C/CCCCCCC. The summed E-state index contributed by atoms with van der Waals surface area (Å²) < 4.78 is 16.9. The highest BCUT2D eigenvalue weighted by atomic mass is 16.6. The third kappa shape index (κ3) is 55.3. The highest BCUT2D eigenvalue weighted by molar-refractivity contribution is 5.71. The van der Waals surface area contributed by atoms with Crippen LogP contribution in [0.1, 0.15) is 271 Å². The van der Waals surface area contributed by atoms with Gasteiger partial charge in [0.2, 0.25) is 0 Å². The fraction of sp³-hybridized carbons (Fsp3) is 0.703. The van der Waals surface area contributed by atoms with Crippen molar-refractivity contribution in [3.05, 3.63) is 97.2 Å². The first-order chi connectivity index (χ1) is 34.5. The van der Waals surface area contributed by atoms with Crippen molar-refractivity contribution < 1.29 is 28.6 Å². The number of rotatable bonds is 52. The lowest BCUT2D eigenvalue weighted by Crippen LogP contribution is -2.30. The first-order valence-electron chi connectivity index (χ1n) is 29.3. The maximum atomic E-state index is 12.9. The van der Waals surface area contributed by atoms with Gasteiger partial charge in [-0.15, -0.1) is 0 Å². The van der Waals surface area contributed by atoms with Gasteiger partial charge in [0.25, 0.3) is 0 Å². The van der Waals surface area contributed by atoms with Crippen LogP contribution >= 0.6 is 0 Å². The van der Waals surface area contributed by atoms with Crippen molar-refractivity contribution in [2.24, 2.45) is 0 Å². The quantitative estimate of drug-likeness (QED) is 0.0262. The summed E-state index contributed by atoms with van der Waals surface area (Å²) in [5.74, 6) is -0.923. The number of carbonyl (C=O) groups excluding carboxylic acids is 3. The van der Waals surface area contributed by atoms with Crippen molar-refractivity contribution in [2.75, 3.05) is 13.2 Å². The van der Waals surface area contributed by atoms with Crippen LogP contribution in [0.5, 0.6) is 0 Å². The largest absolute Gasteiger partial charge is 0.462 e. The maximum Gasteiger partial charge on any atom is 0.306 e. The van der Waals surface area contributed by atoms with E-state index in [1.165, 1.54) is 135 Å². The van der Waals surface area contributed by atoms with Gasteiger partial charge in [-0.05, 0) is 89.9 Å². The number of hydrogen-bond acceptors (Lipinski definition) is 6. The Morgan fingerprint density at radius 1 is 0.300 bits per heavy atom. The Morgan fingerprint density at radius 2 is 0.557 bits per heavy atom. The van der Waals surface area contributed by atoms with E-state index in [0.717, 1.165) is 96.3 Å². The highest BCUT2D eigenvalue weighted by Crippen LogP contribution is 2.15. The molecule has 6 heteroatoms. The van der Waals surface area contributed by atoms with Crippen LogP contribution in [-0.4, -0.2) is 37.2 Å². The minimum Gasteiger partial charge on any atom is -0.462 e. The molecule has 1 unspecified atom stereocenters. The van der Waals surface area contributed by atoms with Crippen LogP contribution in [0.3, 0.4) is 0 Å². The Labute approximate surface area is 432 Å². The molecule has 400 valence electrons. The molecule has 0 saturated carbocycles. The predicted octanol–water partition coefficient (Wildman–Crippen LogP) is 19.7. The lowest BCUT2D eigenvalue weighted by molar-refractivity contribution is -0.167. The van der Waals surface area contributed by atoms with E-state index >= 15 is 0 Å². The van der Waals surface area contributed by atoms with Crippen LogP contribution in [-0.2, 0) is 28.6 Å². The standard InChI is InChI=1S/C64H108O6/c1-4-7-10-13-16-19-22-25-28-30-32-34-36-39-42-45-48-51-54-57-63(66)69-60-61(59-68-62(65)56-53-50-47-44-41-38-35-27-24-21-18-15-12-9-6-3)70-64(67)58-55-52-49-46-43-40-37-33-31-29-26-23-20-17-14-11-8-5-2/h9,12,15-16,18-19,21-26,29,31,33,37,61H,4-8,10-11,13-14,17,20,27-28,30,32,34-36,38-60H2,1-3H3/b12-9-,18-15-,19-16-,24-21-,25-22-,26-23-,31-29-,37-33-. The number of ether oxygens (including phenoxy) is 3. The molecule has 0 aromatic rings. The molecule has 0 rings (SSSR count). The highest BCUT2D eigenvalue weighted by Gasteiger charge is 2.19. The van der Waals surface area contributed by atoms with Crippen molar-refractivity contribution in [1.29, 1.82) is 0 Å². The zero-order valence-corrected chi connectivity index (χ0v) is 45.8. The summed E-state index contributed by atoms with van der Waals surface area (Å²) in [6.07, 6.45) is 76.7. The fourth-order valence-electron chi connectivity index (χ4n) is 8.02. The van der Waals surface area contributed by atoms with Crippen LogP contribution in [0.15, 0.2) is 97.2 Å². The van der Waals surface area contributed by atoms with Gasteiger partial charge in [0.05, 0.1) is 0 Å². The summed E-state index contributed by atoms with van der Waals surface area (Å²) in [6, 6.07) is 0. The Kier molecular flexibility index (Phi) is 54.9. The molecule has 0 fully saturated rings. The number of esters is 3. The number of carbonyl (C=O) groups is 3. The second-order valence-electron chi connectivity index (χ2n) is 19.3. The zero-order valence-electron chi connectivity index (χ0n) is 45.8. The second-order valence-corrected chi connectivity index (χ2v) is 19.3. The molecule has 1 atom stereocenters. The first kappa shape index (κ1) is 66.3. The van der Waals surface area contributed by atoms with Crippen molar-refractivity contribution >= 4 is 17.9 Å². The molecular weight excluding hydrogens is 865 g/mol. The number of allylic oxidation sites excluding steroid dienone is 16. The van der Waals surface area contributed by atoms with E-state index in [1.807, 2.05) is 0 Å². The topological polar surface area (TPSA) is 78.9 Å². The lowest BCUT2D eigenvalue weighted by Gasteiger charge is -2.18. The van der Waals surface area contributed by atoms with Crippen LogP contribution in [0.25, 0.3) is 0 Å². The fourth-order valence-corrected chi connectivity index (χ4v) is 8.02. The third-order valence-electron chi connectivity index (χ3n) is 12.4. The van der Waals surface area contributed by atoms with Gasteiger partial charge in [-0.2, -0.15) is 0 Å². The lowest BCUT2D eigenvalue weighted by atomic mass is 10.1. The van der Waals surface area contributed by atoms with Crippen molar-refractivity contribution in [1.82, 2.24) is 0 Å². The van der Waals surface area contributed by atoms with Crippen LogP contribution in [0, 0.1) is 0 Å². The number of unbranched alkanes of at least 4 members (excludes halogenated alkanes) is 30. The summed E-state index contributed by atoms with van der Waals surface area (Å²) >= 11 is 0. The summed E-state index contributed by atoms with van der Waals surface area (Å²) in [4.78, 5) is 38.2. The molecular formula is C64H108O6. The van der Waals surface area contributed by atoms with Crippen molar-refractivity contribution in [3.63, 3.8) is 0 Å². The monoisotopic (exact) mass is 973 g/mol. The van der Waals surface area contributed by atoms with Crippen LogP contribution in [0.4, 0.5) is 0 Å². The first-order valence-corrected chi connectivity index (χ1v) is 29.3. The van der Waals surface area contributed by atoms with E-state index < -0.39 is 6.10 Å². The normalized spacial score (nSPS) is 12.8. The molecule has 0 aromatic heterocycles. The van der Waals surface area contributed by atoms with E-state index in [0.29, 0.717) is 19.3 Å². The molecule has 0 spiro atoms. The van der Waals surface area contributed by atoms with Gasteiger partial charge in [0.1, 0.15) is 13.2 Å². The Morgan fingerprint density at radius 3 is 0.900 bits per heavy atom. The van der Waals surface area contributed by atoms with Crippen molar-refractivity contribution in [3.8, 4) is 0 Å². The van der Waals surface area contributed by atoms with Gasteiger partial charge in [0.15, 0.2) is 6.10 Å². The summed E-state index contributed by atoms with van der Waals surface area (Å²) in [7, 11) is 0. The zero-order chi connectivity index (χ0) is 50.7. The average molecular weight is 974 g/mol. The van der Waals surface area contributed by atoms with Gasteiger partial charge in [-0.25, -0.2) is 0 Å². The van der Waals surface area contributed by atoms with Gasteiger partial charge in [0, 0.05) is 19.3 Å². The Balaban J connectivity index is 4.44. The molecule has 0 heterocycles. The third-order valence-corrected chi connectivity index (χ3v) is 12.4. The molecule has 6 nitrogen and oxygen atoms in total. The van der Waals surface area contributed by atoms with E-state index in [9.17, 15) is 14.4 Å². The van der Waals surface area contributed by atoms with Gasteiger partial charge < -0.3 is 14.2 Å². The van der Waals surface area contributed by atoms with Gasteiger partial charge in [-0.1, -0.05) is 259 Å². The summed E-state index contributed by atoms with van der Waals surface area (Å²) in [6.45, 7) is 6.45. The predicted molar refractivity (Wildman–Crippen MR) is 302 cm³/mol. The molecule has 0 aliphatic rings. The van der Waals surface area contributed by atoms with Gasteiger partial charge >= 0.3 is 17.9 Å². The van der Waals surface area contributed by atoms with Crippen LogP contribution < -0.4 is 0 Å². The van der Waals surface area contributed by atoms with E-state index in [-0.39, 0.29) is 31.1 Å². The Bertz CT molecular complexity index is 1400. The van der Waals surface area contributed by atoms with Crippen LogP contribution in [0.2, 0.25) is 0 Å². The maximum absolute atomic E-state index is 12.9. The number of hydrogen-bond donors (Lipinski definition) is 0.